The minimum atomic E-state index is -0.285. The number of aryl methyl sites for hydroxylation is 3. The Morgan fingerprint density at radius 2 is 1.92 bits per heavy atom. The summed E-state index contributed by atoms with van der Waals surface area (Å²) in [5.74, 6) is 4.97. The lowest BCUT2D eigenvalue weighted by molar-refractivity contribution is 0.0957. The van der Waals surface area contributed by atoms with Crippen LogP contribution in [0.25, 0.3) is 21.7 Å². The van der Waals surface area contributed by atoms with Crippen molar-refractivity contribution in [2.45, 2.75) is 53.5 Å². The molecule has 0 fully saturated rings. The molecule has 3 heterocycles. The highest BCUT2D eigenvalue weighted by Gasteiger charge is 2.20. The summed E-state index contributed by atoms with van der Waals surface area (Å²) < 4.78 is 2.25. The minimum Gasteiger partial charge on any atom is -0.328 e. The molecule has 0 saturated heterocycles. The maximum Gasteiger partial charge on any atom is 0.275 e. The molecule has 0 aromatic carbocycles. The van der Waals surface area contributed by atoms with Crippen molar-refractivity contribution < 1.29 is 4.79 Å². The monoisotopic (exact) mass is 371 g/mol. The van der Waals surface area contributed by atoms with Crippen LogP contribution in [0.5, 0.6) is 0 Å². The van der Waals surface area contributed by atoms with Crippen LogP contribution in [0.1, 0.15) is 59.2 Å². The van der Waals surface area contributed by atoms with Crippen molar-refractivity contribution in [3.8, 4) is 10.6 Å². The predicted molar refractivity (Wildman–Crippen MR) is 106 cm³/mol. The van der Waals surface area contributed by atoms with Gasteiger partial charge in [-0.3, -0.25) is 10.2 Å². The number of nitrogens with zero attached hydrogens (tertiary/aromatic N) is 3. The molecule has 0 aliphatic rings. The highest BCUT2D eigenvalue weighted by Crippen LogP contribution is 2.35. The number of carbonyl (C=O) groups excluding carboxylic acids is 1. The van der Waals surface area contributed by atoms with E-state index in [0.29, 0.717) is 10.9 Å². The molecule has 0 bridgehead atoms. The summed E-state index contributed by atoms with van der Waals surface area (Å²) in [4.78, 5) is 23.2. The number of carbonyl (C=O) groups is 1. The Morgan fingerprint density at radius 1 is 1.23 bits per heavy atom. The fourth-order valence-corrected chi connectivity index (χ4v) is 4.48. The van der Waals surface area contributed by atoms with E-state index in [1.54, 1.807) is 0 Å². The highest BCUT2D eigenvalue weighted by molar-refractivity contribution is 7.17. The fourth-order valence-electron chi connectivity index (χ4n) is 3.36. The SMILES string of the molecule is CCC(CC)n1cc(C)c2nc(-c3sc(C(=O)NN)cc3C)c(C)nc21. The molecule has 3 N–H and O–H groups in total. The molecule has 0 saturated carbocycles. The van der Waals surface area contributed by atoms with Gasteiger partial charge in [0, 0.05) is 12.2 Å². The molecule has 138 valence electrons. The number of nitrogens with two attached hydrogens (primary N) is 1. The van der Waals surface area contributed by atoms with Crippen LogP contribution in [0, 0.1) is 20.8 Å². The number of hydrogen-bond acceptors (Lipinski definition) is 5. The number of nitrogen functional groups attached to an aromatic ring is 1. The summed E-state index contributed by atoms with van der Waals surface area (Å²) in [6.45, 7) is 10.4. The van der Waals surface area contributed by atoms with Crippen molar-refractivity contribution in [1.29, 1.82) is 0 Å². The molecular formula is C19H25N5OS. The molecule has 26 heavy (non-hydrogen) atoms. The zero-order valence-electron chi connectivity index (χ0n) is 15.9. The Morgan fingerprint density at radius 3 is 2.54 bits per heavy atom. The van der Waals surface area contributed by atoms with Crippen LogP contribution in [0.3, 0.4) is 0 Å². The predicted octanol–water partition coefficient (Wildman–Crippen LogP) is 4.05. The lowest BCUT2D eigenvalue weighted by Gasteiger charge is -2.16. The molecule has 0 spiro atoms. The molecule has 7 heteroatoms. The summed E-state index contributed by atoms with van der Waals surface area (Å²) in [5.41, 5.74) is 7.88. The average Bonchev–Trinajstić information content (AvgIpc) is 3.15. The van der Waals surface area contributed by atoms with E-state index in [1.807, 2.05) is 19.9 Å². The molecule has 0 aliphatic heterocycles. The minimum absolute atomic E-state index is 0.285. The number of hydrogen-bond donors (Lipinski definition) is 2. The van der Waals surface area contributed by atoms with Crippen molar-refractivity contribution >= 4 is 28.4 Å². The van der Waals surface area contributed by atoms with Gasteiger partial charge in [-0.15, -0.1) is 11.3 Å². The number of nitrogens with one attached hydrogen (secondary N) is 1. The summed E-state index contributed by atoms with van der Waals surface area (Å²) in [7, 11) is 0. The molecule has 6 nitrogen and oxygen atoms in total. The molecule has 3 rings (SSSR count). The van der Waals surface area contributed by atoms with E-state index >= 15 is 0 Å². The largest absolute Gasteiger partial charge is 0.328 e. The van der Waals surface area contributed by atoms with Crippen LogP contribution in [-0.2, 0) is 0 Å². The number of aromatic nitrogens is 3. The van der Waals surface area contributed by atoms with Gasteiger partial charge in [-0.25, -0.2) is 15.8 Å². The number of hydrazine groups is 1. The van der Waals surface area contributed by atoms with E-state index < -0.39 is 0 Å². The second-order valence-electron chi connectivity index (χ2n) is 6.62. The van der Waals surface area contributed by atoms with Gasteiger partial charge in [0.05, 0.1) is 15.4 Å². The first-order valence-electron chi connectivity index (χ1n) is 8.88. The molecule has 0 radical (unpaired) electrons. The third kappa shape index (κ3) is 3.01. The van der Waals surface area contributed by atoms with Gasteiger partial charge >= 0.3 is 0 Å². The van der Waals surface area contributed by atoms with E-state index in [0.717, 1.165) is 51.4 Å². The number of amides is 1. The average molecular weight is 372 g/mol. The van der Waals surface area contributed by atoms with Gasteiger partial charge in [0.25, 0.3) is 5.91 Å². The van der Waals surface area contributed by atoms with Crippen LogP contribution < -0.4 is 11.3 Å². The van der Waals surface area contributed by atoms with Crippen molar-refractivity contribution in [2.75, 3.05) is 0 Å². The maximum absolute atomic E-state index is 11.8. The molecule has 3 aromatic heterocycles. The van der Waals surface area contributed by atoms with Gasteiger partial charge in [0.15, 0.2) is 5.65 Å². The molecule has 0 aliphatic carbocycles. The Labute approximate surface area is 157 Å². The number of thiophene rings is 1. The highest BCUT2D eigenvalue weighted by atomic mass is 32.1. The summed E-state index contributed by atoms with van der Waals surface area (Å²) in [6.07, 6.45) is 4.27. The first-order chi connectivity index (χ1) is 12.4. The van der Waals surface area contributed by atoms with Crippen LogP contribution in [-0.4, -0.2) is 20.4 Å². The van der Waals surface area contributed by atoms with Gasteiger partial charge in [0.2, 0.25) is 0 Å². The first-order valence-corrected chi connectivity index (χ1v) is 9.70. The standard InChI is InChI=1S/C19H25N5OS/c1-6-13(7-2)24-9-11(4)15-18(24)21-12(5)16(22-15)17-10(3)8-14(26-17)19(25)23-20/h8-9,13H,6-7,20H2,1-5H3,(H,23,25). The van der Waals surface area contributed by atoms with E-state index in [2.05, 4.69) is 37.0 Å². The smallest absolute Gasteiger partial charge is 0.275 e. The van der Waals surface area contributed by atoms with E-state index in [4.69, 9.17) is 15.8 Å². The third-order valence-electron chi connectivity index (χ3n) is 4.83. The topological polar surface area (TPSA) is 85.8 Å². The van der Waals surface area contributed by atoms with E-state index in [9.17, 15) is 4.79 Å². The zero-order chi connectivity index (χ0) is 19.0. The van der Waals surface area contributed by atoms with Gasteiger partial charge in [-0.1, -0.05) is 13.8 Å². The van der Waals surface area contributed by atoms with Crippen LogP contribution in [0.15, 0.2) is 12.3 Å². The van der Waals surface area contributed by atoms with Crippen LogP contribution >= 0.6 is 11.3 Å². The van der Waals surface area contributed by atoms with Gasteiger partial charge in [0.1, 0.15) is 11.2 Å². The summed E-state index contributed by atoms with van der Waals surface area (Å²) >= 11 is 1.39. The van der Waals surface area contributed by atoms with E-state index in [1.165, 1.54) is 11.3 Å². The normalized spacial score (nSPS) is 11.5. The second-order valence-corrected chi connectivity index (χ2v) is 7.67. The number of fused-ring (bicyclic) bond motifs is 1. The lowest BCUT2D eigenvalue weighted by Crippen LogP contribution is -2.29. The zero-order valence-corrected chi connectivity index (χ0v) is 16.7. The van der Waals surface area contributed by atoms with Gasteiger partial charge < -0.3 is 4.57 Å². The van der Waals surface area contributed by atoms with Crippen molar-refractivity contribution in [3.63, 3.8) is 0 Å². The van der Waals surface area contributed by atoms with Gasteiger partial charge in [-0.2, -0.15) is 0 Å². The van der Waals surface area contributed by atoms with Crippen molar-refractivity contribution in [2.24, 2.45) is 5.84 Å². The Kier molecular flexibility index (Phi) is 5.11. The van der Waals surface area contributed by atoms with Crippen molar-refractivity contribution in [3.05, 3.63) is 34.0 Å². The third-order valence-corrected chi connectivity index (χ3v) is 6.07. The first kappa shape index (κ1) is 18.5. The summed E-state index contributed by atoms with van der Waals surface area (Å²) in [5, 5.41) is 0. The molecule has 3 aromatic rings. The fraction of sp³-hybridized carbons (Fsp3) is 0.421. The van der Waals surface area contributed by atoms with Crippen LogP contribution in [0.4, 0.5) is 0 Å². The lowest BCUT2D eigenvalue weighted by atomic mass is 10.1. The van der Waals surface area contributed by atoms with Crippen LogP contribution in [0.2, 0.25) is 0 Å². The second kappa shape index (κ2) is 7.17. The maximum atomic E-state index is 11.8. The Hall–Kier alpha value is -2.25. The van der Waals surface area contributed by atoms with Crippen molar-refractivity contribution in [1.82, 2.24) is 20.0 Å². The molecule has 0 unspecified atom stereocenters. The van der Waals surface area contributed by atoms with E-state index in [-0.39, 0.29) is 5.91 Å². The van der Waals surface area contributed by atoms with Gasteiger partial charge in [-0.05, 0) is 50.8 Å². The Balaban J connectivity index is 2.18. The quantitative estimate of drug-likeness (QED) is 0.402. The number of rotatable bonds is 5. The molecular weight excluding hydrogens is 346 g/mol. The summed E-state index contributed by atoms with van der Waals surface area (Å²) in [6, 6.07) is 2.27. The molecule has 0 atom stereocenters. The Bertz CT molecular complexity index is 968. The molecule has 1 amide bonds.